The SMILES string of the molecule is CC(C)(C)OC(=O)C(OC(=O)N[C@@H](CC(=O)O)C(=O)O)c1ccccc1N([O-])O. The Morgan fingerprint density at radius 3 is 2.24 bits per heavy atom. The molecule has 1 aromatic carbocycles. The Labute approximate surface area is 165 Å². The predicted molar refractivity (Wildman–Crippen MR) is 96.0 cm³/mol. The van der Waals surface area contributed by atoms with Crippen LogP contribution in [-0.4, -0.2) is 51.1 Å². The lowest BCUT2D eigenvalue weighted by Crippen LogP contribution is -2.43. The van der Waals surface area contributed by atoms with Crippen LogP contribution in [0.4, 0.5) is 10.5 Å². The number of nitrogens with zero attached hydrogens (tertiary/aromatic N) is 1. The molecule has 12 nitrogen and oxygen atoms in total. The normalized spacial score (nSPS) is 13.0. The molecule has 1 unspecified atom stereocenters. The molecule has 2 atom stereocenters. The van der Waals surface area contributed by atoms with E-state index in [0.29, 0.717) is 0 Å². The molecule has 0 heterocycles. The summed E-state index contributed by atoms with van der Waals surface area (Å²) < 4.78 is 10.1. The number of anilines is 1. The highest BCUT2D eigenvalue weighted by Gasteiger charge is 2.33. The Balaban J connectivity index is 3.19. The van der Waals surface area contributed by atoms with E-state index in [0.717, 1.165) is 6.07 Å². The van der Waals surface area contributed by atoms with E-state index in [1.54, 1.807) is 0 Å². The van der Waals surface area contributed by atoms with Gasteiger partial charge in [0.25, 0.3) is 0 Å². The Bertz CT molecular complexity index is 772. The van der Waals surface area contributed by atoms with E-state index >= 15 is 0 Å². The third kappa shape index (κ3) is 7.63. The van der Waals surface area contributed by atoms with Crippen molar-refractivity contribution in [1.29, 1.82) is 0 Å². The Morgan fingerprint density at radius 1 is 1.17 bits per heavy atom. The second kappa shape index (κ2) is 9.71. The van der Waals surface area contributed by atoms with Crippen LogP contribution in [0.15, 0.2) is 24.3 Å². The zero-order valence-corrected chi connectivity index (χ0v) is 15.8. The summed E-state index contributed by atoms with van der Waals surface area (Å²) in [5, 5.41) is 39.6. The Morgan fingerprint density at radius 2 is 1.76 bits per heavy atom. The van der Waals surface area contributed by atoms with E-state index in [1.807, 2.05) is 5.32 Å². The number of hydrogen-bond donors (Lipinski definition) is 4. The van der Waals surface area contributed by atoms with Crippen molar-refractivity contribution in [2.75, 3.05) is 5.23 Å². The zero-order chi connectivity index (χ0) is 22.4. The molecule has 4 N–H and O–H groups in total. The van der Waals surface area contributed by atoms with Gasteiger partial charge in [0.05, 0.1) is 12.1 Å². The van der Waals surface area contributed by atoms with E-state index in [9.17, 15) is 29.6 Å². The van der Waals surface area contributed by atoms with Crippen molar-refractivity contribution in [2.24, 2.45) is 0 Å². The lowest BCUT2D eigenvalue weighted by atomic mass is 10.1. The molecule has 1 amide bonds. The van der Waals surface area contributed by atoms with Gasteiger partial charge in [-0.05, 0) is 26.8 Å². The number of esters is 1. The lowest BCUT2D eigenvalue weighted by molar-refractivity contribution is -0.165. The summed E-state index contributed by atoms with van der Waals surface area (Å²) in [6.45, 7) is 4.60. The lowest BCUT2D eigenvalue weighted by Gasteiger charge is -2.29. The molecule has 0 saturated heterocycles. The minimum absolute atomic E-state index is 0.237. The number of carboxylic acids is 2. The van der Waals surface area contributed by atoms with Gasteiger partial charge in [-0.1, -0.05) is 18.2 Å². The highest BCUT2D eigenvalue weighted by atomic mass is 16.8. The molecule has 0 spiro atoms. The van der Waals surface area contributed by atoms with Crippen LogP contribution in [0.3, 0.4) is 0 Å². The first-order valence-electron chi connectivity index (χ1n) is 8.21. The summed E-state index contributed by atoms with van der Waals surface area (Å²) in [4.78, 5) is 46.5. The summed E-state index contributed by atoms with van der Waals surface area (Å²) in [5.74, 6) is -4.24. The van der Waals surface area contributed by atoms with Gasteiger partial charge in [-0.15, -0.1) is 0 Å². The number of hydrogen-bond acceptors (Lipinski definition) is 9. The third-order valence-corrected chi connectivity index (χ3v) is 3.24. The van der Waals surface area contributed by atoms with E-state index in [2.05, 4.69) is 0 Å². The number of carbonyl (C=O) groups excluding carboxylic acids is 2. The van der Waals surface area contributed by atoms with Crippen molar-refractivity contribution in [2.45, 2.75) is 44.9 Å². The van der Waals surface area contributed by atoms with Crippen LogP contribution in [0.25, 0.3) is 0 Å². The van der Waals surface area contributed by atoms with Crippen molar-refractivity contribution in [3.63, 3.8) is 0 Å². The molecular weight excluding hydrogens is 392 g/mol. The Kier molecular flexibility index (Phi) is 7.92. The van der Waals surface area contributed by atoms with Gasteiger partial charge >= 0.3 is 24.0 Å². The minimum atomic E-state index is -1.85. The van der Waals surface area contributed by atoms with Gasteiger partial charge in [0, 0.05) is 5.56 Å². The smallest absolute Gasteiger partial charge is 0.409 e. The van der Waals surface area contributed by atoms with Crippen LogP contribution in [0.2, 0.25) is 0 Å². The van der Waals surface area contributed by atoms with Crippen LogP contribution in [0, 0.1) is 5.21 Å². The maximum absolute atomic E-state index is 12.5. The van der Waals surface area contributed by atoms with Gasteiger partial charge < -0.3 is 35.4 Å². The minimum Gasteiger partial charge on any atom is -0.733 e. The molecule has 0 saturated carbocycles. The van der Waals surface area contributed by atoms with Gasteiger partial charge in [0.2, 0.25) is 6.10 Å². The molecule has 0 fully saturated rings. The number of carbonyl (C=O) groups is 4. The number of rotatable bonds is 8. The van der Waals surface area contributed by atoms with Crippen LogP contribution >= 0.6 is 0 Å². The fraction of sp³-hybridized carbons (Fsp3) is 0.412. The maximum atomic E-state index is 12.5. The van der Waals surface area contributed by atoms with Crippen molar-refractivity contribution in [3.05, 3.63) is 35.0 Å². The molecule has 0 aliphatic rings. The van der Waals surface area contributed by atoms with Crippen LogP contribution < -0.4 is 10.5 Å². The number of alkyl carbamates (subject to hydrolysis) is 1. The van der Waals surface area contributed by atoms with Gasteiger partial charge in [-0.2, -0.15) is 0 Å². The largest absolute Gasteiger partial charge is 0.733 e. The first-order valence-corrected chi connectivity index (χ1v) is 8.21. The van der Waals surface area contributed by atoms with Gasteiger partial charge in [0.1, 0.15) is 11.6 Å². The highest BCUT2D eigenvalue weighted by Crippen LogP contribution is 2.30. The highest BCUT2D eigenvalue weighted by molar-refractivity contribution is 5.86. The van der Waals surface area contributed by atoms with Crippen molar-refractivity contribution >= 4 is 29.7 Å². The quantitative estimate of drug-likeness (QED) is 0.356. The zero-order valence-electron chi connectivity index (χ0n) is 15.8. The van der Waals surface area contributed by atoms with E-state index < -0.39 is 59.1 Å². The summed E-state index contributed by atoms with van der Waals surface area (Å²) in [6, 6.07) is 3.30. The average Bonchev–Trinajstić information content (AvgIpc) is 2.57. The number of carboxylic acid groups (broad SMARTS) is 2. The third-order valence-electron chi connectivity index (χ3n) is 3.24. The molecule has 160 valence electrons. The number of ether oxygens (including phenoxy) is 2. The van der Waals surface area contributed by atoms with Crippen molar-refractivity contribution in [1.82, 2.24) is 5.32 Å². The topological polar surface area (TPSA) is 186 Å². The van der Waals surface area contributed by atoms with E-state index in [1.165, 1.54) is 39.0 Å². The summed E-state index contributed by atoms with van der Waals surface area (Å²) in [7, 11) is 0. The van der Waals surface area contributed by atoms with Crippen LogP contribution in [-0.2, 0) is 23.9 Å². The monoisotopic (exact) mass is 413 g/mol. The van der Waals surface area contributed by atoms with Gasteiger partial charge in [-0.25, -0.2) is 14.4 Å². The molecule has 12 heteroatoms. The molecule has 0 aliphatic carbocycles. The van der Waals surface area contributed by atoms with Crippen molar-refractivity contribution < 1.29 is 44.1 Å². The Hall–Kier alpha value is -3.38. The number of amides is 1. The molecule has 1 rings (SSSR count). The number of benzene rings is 1. The fourth-order valence-electron chi connectivity index (χ4n) is 2.14. The second-order valence-corrected chi connectivity index (χ2v) is 6.78. The van der Waals surface area contributed by atoms with Gasteiger partial charge in [0.15, 0.2) is 0 Å². The average molecular weight is 413 g/mol. The molecule has 29 heavy (non-hydrogen) atoms. The van der Waals surface area contributed by atoms with Crippen LogP contribution in [0.1, 0.15) is 38.9 Å². The fourth-order valence-corrected chi connectivity index (χ4v) is 2.14. The first-order chi connectivity index (χ1) is 13.3. The molecule has 0 bridgehead atoms. The van der Waals surface area contributed by atoms with E-state index in [-0.39, 0.29) is 5.56 Å². The van der Waals surface area contributed by atoms with Crippen LogP contribution in [0.5, 0.6) is 0 Å². The summed E-state index contributed by atoms with van der Waals surface area (Å²) in [6.07, 6.45) is -4.24. The maximum Gasteiger partial charge on any atom is 0.409 e. The van der Waals surface area contributed by atoms with E-state index in [4.69, 9.17) is 19.7 Å². The standard InChI is InChI=1S/C17H21N2O10/c1-17(2,3)29-15(24)13(9-6-4-5-7-11(9)19(26)27)28-16(25)18-10(14(22)23)8-12(20)21/h4-7,10,13,26H,8H2,1-3H3,(H,18,25)(H,20,21)(H,22,23)/q-1/t10-,13?/m0/s1. The molecule has 0 aromatic heterocycles. The number of nitrogens with one attached hydrogen (secondary N) is 1. The molecule has 0 radical (unpaired) electrons. The van der Waals surface area contributed by atoms with Crippen molar-refractivity contribution in [3.8, 4) is 0 Å². The molecule has 1 aromatic rings. The predicted octanol–water partition coefficient (Wildman–Crippen LogP) is 1.42. The second-order valence-electron chi connectivity index (χ2n) is 6.78. The first kappa shape index (κ1) is 23.7. The van der Waals surface area contributed by atoms with Gasteiger partial charge in [-0.3, -0.25) is 10.0 Å². The number of para-hydroxylation sites is 1. The molecule has 0 aliphatic heterocycles. The summed E-state index contributed by atoms with van der Waals surface area (Å²) in [5.41, 5.74) is -1.66. The summed E-state index contributed by atoms with van der Waals surface area (Å²) >= 11 is 0. The number of aliphatic carboxylic acids is 2. The molecular formula is C17H21N2O10-.